The molecule has 0 aromatic heterocycles. The van der Waals surface area contributed by atoms with Crippen LogP contribution in [0.3, 0.4) is 0 Å². The molecular weight excluding hydrogens is 126 g/mol. The first kappa shape index (κ1) is 6.81. The third-order valence-corrected chi connectivity index (χ3v) is 1.33. The lowest BCUT2D eigenvalue weighted by Gasteiger charge is -2.16. The van der Waals surface area contributed by atoms with Crippen LogP contribution in [-0.2, 0) is 4.79 Å². The molecule has 0 unspecified atom stereocenters. The average Bonchev–Trinajstić information content (AvgIpc) is 1.94. The topological polar surface area (TPSA) is 20.3 Å². The highest BCUT2D eigenvalue weighted by atomic mass is 16.1. The minimum absolute atomic E-state index is 0.787. The lowest BCUT2D eigenvalue weighted by molar-refractivity contribution is -0.104. The summed E-state index contributed by atoms with van der Waals surface area (Å²) in [4.78, 5) is 11.9. The molecule has 0 fully saturated rings. The van der Waals surface area contributed by atoms with E-state index >= 15 is 0 Å². The summed E-state index contributed by atoms with van der Waals surface area (Å²) >= 11 is 0. The van der Waals surface area contributed by atoms with E-state index in [2.05, 4.69) is 0 Å². The van der Waals surface area contributed by atoms with Gasteiger partial charge in [-0.25, -0.2) is 0 Å². The Kier molecular flexibility index (Phi) is 2.05. The molecule has 0 saturated heterocycles. The van der Waals surface area contributed by atoms with Crippen LogP contribution in [0.4, 0.5) is 0 Å². The highest BCUT2D eigenvalue weighted by Gasteiger charge is 1.97. The second kappa shape index (κ2) is 3.01. The van der Waals surface area contributed by atoms with E-state index in [1.165, 1.54) is 6.08 Å². The summed E-state index contributed by atoms with van der Waals surface area (Å²) in [6, 6.07) is 0. The van der Waals surface area contributed by atoms with Gasteiger partial charge in [0.15, 0.2) is 0 Å². The summed E-state index contributed by atoms with van der Waals surface area (Å²) in [5.41, 5.74) is 0.914. The van der Waals surface area contributed by atoms with Crippen LogP contribution in [-0.4, -0.2) is 18.2 Å². The molecule has 0 saturated carbocycles. The van der Waals surface area contributed by atoms with Crippen LogP contribution in [0.25, 0.3) is 0 Å². The predicted octanol–water partition coefficient (Wildman–Crippen LogP) is 1.08. The van der Waals surface area contributed by atoms with E-state index in [1.807, 2.05) is 36.4 Å². The molecule has 2 heteroatoms. The molecule has 10 heavy (non-hydrogen) atoms. The number of aldehydes is 1. The maximum atomic E-state index is 10.1. The summed E-state index contributed by atoms with van der Waals surface area (Å²) in [7, 11) is 1.90. The van der Waals surface area contributed by atoms with Gasteiger partial charge in [-0.2, -0.15) is 0 Å². The van der Waals surface area contributed by atoms with Crippen molar-refractivity contribution >= 4 is 6.29 Å². The number of carbonyl (C=O) groups excluding carboxylic acids is 1. The molecule has 0 atom stereocenters. The highest BCUT2D eigenvalue weighted by molar-refractivity contribution is 5.67. The zero-order chi connectivity index (χ0) is 7.40. The van der Waals surface area contributed by atoms with E-state index in [4.69, 9.17) is 0 Å². The van der Waals surface area contributed by atoms with Gasteiger partial charge >= 0.3 is 0 Å². The number of likely N-dealkylation sites (N-methyl/N-ethyl adjacent to an activating group) is 1. The Labute approximate surface area is 60.1 Å². The van der Waals surface area contributed by atoms with Crippen molar-refractivity contribution in [1.29, 1.82) is 0 Å². The zero-order valence-corrected chi connectivity index (χ0v) is 5.82. The molecular formula is C8H9NO. The summed E-state index contributed by atoms with van der Waals surface area (Å²) in [5, 5.41) is 0. The van der Waals surface area contributed by atoms with E-state index in [0.29, 0.717) is 0 Å². The summed E-state index contributed by atoms with van der Waals surface area (Å²) in [6.07, 6.45) is 9.91. The van der Waals surface area contributed by atoms with Gasteiger partial charge in [0.25, 0.3) is 0 Å². The molecule has 0 spiro atoms. The van der Waals surface area contributed by atoms with E-state index in [-0.39, 0.29) is 0 Å². The minimum Gasteiger partial charge on any atom is -0.351 e. The molecule has 52 valence electrons. The Morgan fingerprint density at radius 3 is 2.90 bits per heavy atom. The molecule has 0 radical (unpaired) electrons. The van der Waals surface area contributed by atoms with Crippen molar-refractivity contribution in [3.63, 3.8) is 0 Å². The first-order valence-corrected chi connectivity index (χ1v) is 3.08. The second-order valence-electron chi connectivity index (χ2n) is 2.04. The van der Waals surface area contributed by atoms with Crippen molar-refractivity contribution < 1.29 is 4.79 Å². The van der Waals surface area contributed by atoms with Crippen molar-refractivity contribution in [1.82, 2.24) is 4.90 Å². The van der Waals surface area contributed by atoms with Gasteiger partial charge in [-0.05, 0) is 12.2 Å². The molecule has 1 rings (SSSR count). The van der Waals surface area contributed by atoms with Crippen molar-refractivity contribution in [2.45, 2.75) is 0 Å². The van der Waals surface area contributed by atoms with Crippen LogP contribution in [0, 0.1) is 0 Å². The first-order chi connectivity index (χ1) is 4.84. The van der Waals surface area contributed by atoms with Crippen molar-refractivity contribution in [3.05, 3.63) is 36.2 Å². The molecule has 0 amide bonds. The van der Waals surface area contributed by atoms with Gasteiger partial charge in [-0.15, -0.1) is 0 Å². The molecule has 0 aromatic carbocycles. The molecule has 0 N–H and O–H groups in total. The number of rotatable bonds is 1. The number of nitrogens with zero attached hydrogens (tertiary/aromatic N) is 1. The van der Waals surface area contributed by atoms with Gasteiger partial charge in [0.2, 0.25) is 0 Å². The Morgan fingerprint density at radius 1 is 1.50 bits per heavy atom. The second-order valence-corrected chi connectivity index (χ2v) is 2.04. The first-order valence-electron chi connectivity index (χ1n) is 3.08. The van der Waals surface area contributed by atoms with Crippen LogP contribution in [0.5, 0.6) is 0 Å². The number of allylic oxidation sites excluding steroid dienone is 4. The van der Waals surface area contributed by atoms with Gasteiger partial charge in [-0.1, -0.05) is 6.08 Å². The molecule has 0 aliphatic carbocycles. The monoisotopic (exact) mass is 135 g/mol. The number of carbonyl (C=O) groups is 1. The van der Waals surface area contributed by atoms with E-state index in [9.17, 15) is 4.79 Å². The summed E-state index contributed by atoms with van der Waals surface area (Å²) < 4.78 is 0. The third kappa shape index (κ3) is 1.35. The van der Waals surface area contributed by atoms with E-state index in [1.54, 1.807) is 0 Å². The fraction of sp³-hybridized carbons (Fsp3) is 0.125. The lowest BCUT2D eigenvalue weighted by Crippen LogP contribution is -2.10. The third-order valence-electron chi connectivity index (χ3n) is 1.33. The lowest BCUT2D eigenvalue weighted by atomic mass is 10.3. The van der Waals surface area contributed by atoms with Gasteiger partial charge in [0.1, 0.15) is 6.29 Å². The van der Waals surface area contributed by atoms with Crippen LogP contribution < -0.4 is 0 Å². The van der Waals surface area contributed by atoms with E-state index in [0.717, 1.165) is 12.0 Å². The molecule has 0 aromatic rings. The molecule has 1 aliphatic rings. The predicted molar refractivity (Wildman–Crippen MR) is 40.2 cm³/mol. The summed E-state index contributed by atoms with van der Waals surface area (Å²) in [6.45, 7) is 0. The van der Waals surface area contributed by atoms with Crippen LogP contribution in [0.2, 0.25) is 0 Å². The van der Waals surface area contributed by atoms with Crippen LogP contribution >= 0.6 is 0 Å². The Morgan fingerprint density at radius 2 is 2.30 bits per heavy atom. The fourth-order valence-corrected chi connectivity index (χ4v) is 0.779. The van der Waals surface area contributed by atoms with Gasteiger partial charge < -0.3 is 4.90 Å². The maximum absolute atomic E-state index is 10.1. The molecule has 2 nitrogen and oxygen atoms in total. The van der Waals surface area contributed by atoms with Crippen LogP contribution in [0.1, 0.15) is 0 Å². The SMILES string of the molecule is CN1C=CC=C/C1=C\C=O. The van der Waals surface area contributed by atoms with Gasteiger partial charge in [0.05, 0.1) is 0 Å². The highest BCUT2D eigenvalue weighted by Crippen LogP contribution is 2.07. The fourth-order valence-electron chi connectivity index (χ4n) is 0.779. The smallest absolute Gasteiger partial charge is 0.144 e. The van der Waals surface area contributed by atoms with E-state index < -0.39 is 0 Å². The number of hydrogen-bond acceptors (Lipinski definition) is 2. The van der Waals surface area contributed by atoms with Gasteiger partial charge in [-0.3, -0.25) is 4.79 Å². The van der Waals surface area contributed by atoms with Crippen LogP contribution in [0.15, 0.2) is 36.2 Å². The Balaban J connectivity index is 2.79. The standard InChI is InChI=1S/C8H9NO/c1-9-6-3-2-4-8(9)5-7-10/h2-7H,1H3/b8-5+. The maximum Gasteiger partial charge on any atom is 0.144 e. The Bertz CT molecular complexity index is 213. The van der Waals surface area contributed by atoms with Crippen molar-refractivity contribution in [2.24, 2.45) is 0 Å². The summed E-state index contributed by atoms with van der Waals surface area (Å²) in [5.74, 6) is 0. The Hall–Kier alpha value is -1.31. The zero-order valence-electron chi connectivity index (χ0n) is 5.82. The normalized spacial score (nSPS) is 20.1. The molecule has 0 bridgehead atoms. The minimum atomic E-state index is 0.787. The van der Waals surface area contributed by atoms with Crippen molar-refractivity contribution in [2.75, 3.05) is 7.05 Å². The van der Waals surface area contributed by atoms with Gasteiger partial charge in [0, 0.05) is 25.0 Å². The average molecular weight is 135 g/mol. The quantitative estimate of drug-likeness (QED) is 0.396. The molecule has 1 heterocycles. The number of hydrogen-bond donors (Lipinski definition) is 0. The largest absolute Gasteiger partial charge is 0.351 e. The van der Waals surface area contributed by atoms with Crippen molar-refractivity contribution in [3.8, 4) is 0 Å². The molecule has 1 aliphatic heterocycles.